The van der Waals surface area contributed by atoms with E-state index in [2.05, 4.69) is 21.3 Å². The van der Waals surface area contributed by atoms with Crippen LogP contribution >= 0.6 is 0 Å². The number of hydrogen-bond donors (Lipinski definition) is 5. The summed E-state index contributed by atoms with van der Waals surface area (Å²) >= 11 is 0. The lowest BCUT2D eigenvalue weighted by molar-refractivity contribution is -0.144. The first-order chi connectivity index (χ1) is 19.4. The van der Waals surface area contributed by atoms with Gasteiger partial charge in [0.1, 0.15) is 24.5 Å². The molecule has 0 saturated heterocycles. The zero-order valence-electron chi connectivity index (χ0n) is 24.2. The summed E-state index contributed by atoms with van der Waals surface area (Å²) < 4.78 is 10.4. The van der Waals surface area contributed by atoms with Crippen LogP contribution in [-0.4, -0.2) is 67.3 Å². The average molecular weight is 578 g/mol. The Morgan fingerprint density at radius 1 is 0.927 bits per heavy atom. The summed E-state index contributed by atoms with van der Waals surface area (Å²) in [6.07, 6.45) is 1.07. The maximum absolute atomic E-state index is 13.2. The van der Waals surface area contributed by atoms with Crippen molar-refractivity contribution in [3.8, 4) is 0 Å². The van der Waals surface area contributed by atoms with E-state index < -0.39 is 35.8 Å². The van der Waals surface area contributed by atoms with Gasteiger partial charge >= 0.3 is 12.0 Å². The van der Waals surface area contributed by atoms with Crippen LogP contribution in [0.1, 0.15) is 65.4 Å². The topological polar surface area (TPSA) is 195 Å². The summed E-state index contributed by atoms with van der Waals surface area (Å²) in [7, 11) is 0. The van der Waals surface area contributed by atoms with Gasteiger partial charge in [-0.05, 0) is 43.4 Å². The van der Waals surface area contributed by atoms with Gasteiger partial charge in [0.25, 0.3) is 0 Å². The van der Waals surface area contributed by atoms with Gasteiger partial charge in [-0.15, -0.1) is 0 Å². The molecule has 6 N–H and O–H groups in total. The van der Waals surface area contributed by atoms with E-state index in [0.717, 1.165) is 5.56 Å². The molecule has 0 aliphatic rings. The van der Waals surface area contributed by atoms with Crippen LogP contribution in [-0.2, 0) is 40.1 Å². The van der Waals surface area contributed by atoms with Gasteiger partial charge in [0.15, 0.2) is 0 Å². The van der Waals surface area contributed by atoms with Crippen LogP contribution in [0.15, 0.2) is 24.3 Å². The van der Waals surface area contributed by atoms with Crippen molar-refractivity contribution >= 4 is 41.2 Å². The second-order valence-electron chi connectivity index (χ2n) is 9.80. The Morgan fingerprint density at radius 3 is 2.17 bits per heavy atom. The number of anilines is 1. The van der Waals surface area contributed by atoms with Gasteiger partial charge in [-0.25, -0.2) is 4.79 Å². The number of amides is 5. The minimum atomic E-state index is -0.976. The molecule has 0 unspecified atom stereocenters. The Hall–Kier alpha value is -4.00. The van der Waals surface area contributed by atoms with Crippen molar-refractivity contribution in [3.05, 3.63) is 29.8 Å². The van der Waals surface area contributed by atoms with Crippen molar-refractivity contribution in [1.82, 2.24) is 16.0 Å². The number of primary amides is 1. The maximum atomic E-state index is 13.2. The van der Waals surface area contributed by atoms with Gasteiger partial charge in [0.2, 0.25) is 17.7 Å². The van der Waals surface area contributed by atoms with Gasteiger partial charge < -0.3 is 36.5 Å². The molecule has 228 valence electrons. The van der Waals surface area contributed by atoms with Gasteiger partial charge in [0.05, 0.1) is 13.2 Å². The predicted molar refractivity (Wildman–Crippen MR) is 151 cm³/mol. The van der Waals surface area contributed by atoms with E-state index in [9.17, 15) is 28.8 Å². The molecule has 1 rings (SSSR count). The maximum Gasteiger partial charge on any atom is 0.312 e. The Morgan fingerprint density at radius 2 is 1.59 bits per heavy atom. The number of urea groups is 1. The Labute approximate surface area is 240 Å². The molecular weight excluding hydrogens is 534 g/mol. The zero-order valence-corrected chi connectivity index (χ0v) is 24.2. The molecule has 0 saturated carbocycles. The molecule has 1 aromatic carbocycles. The molecule has 0 radical (unpaired) electrons. The second kappa shape index (κ2) is 19.1. The van der Waals surface area contributed by atoms with Crippen LogP contribution in [0.4, 0.5) is 10.5 Å². The van der Waals surface area contributed by atoms with E-state index in [1.54, 1.807) is 45.0 Å². The highest BCUT2D eigenvalue weighted by Crippen LogP contribution is 2.13. The molecule has 0 aliphatic carbocycles. The van der Waals surface area contributed by atoms with Gasteiger partial charge in [0, 0.05) is 31.5 Å². The van der Waals surface area contributed by atoms with Crippen molar-refractivity contribution in [1.29, 1.82) is 0 Å². The third kappa shape index (κ3) is 15.4. The first-order valence-electron chi connectivity index (χ1n) is 13.7. The average Bonchev–Trinajstić information content (AvgIpc) is 2.91. The normalized spacial score (nSPS) is 12.1. The summed E-state index contributed by atoms with van der Waals surface area (Å²) in [6, 6.07) is 4.12. The highest BCUT2D eigenvalue weighted by Gasteiger charge is 2.28. The third-order valence-electron chi connectivity index (χ3n) is 5.85. The molecule has 13 nitrogen and oxygen atoms in total. The standard InChI is InChI=1S/C28H43N5O8/c1-5-24(36)41-17-20-8-10-21(11-9-20)31-26(37)22(7-6-14-30-28(29)39)32-27(38)25(18(2)3)33-23(35)13-16-40-15-12-19(4)34/h8-11,18,22,25H,5-7,12-17H2,1-4H3,(H,31,37)(H,32,38)(H,33,35)(H3,29,30,39)/t22-,25-/m0/s1. The van der Waals surface area contributed by atoms with Crippen LogP contribution in [0.5, 0.6) is 0 Å². The summed E-state index contributed by atoms with van der Waals surface area (Å²) in [5, 5.41) is 10.6. The Bertz CT molecular complexity index is 1030. The fourth-order valence-electron chi connectivity index (χ4n) is 3.49. The summed E-state index contributed by atoms with van der Waals surface area (Å²) in [5.74, 6) is -2.05. The number of hydrogen-bond acceptors (Lipinski definition) is 8. The quantitative estimate of drug-likeness (QED) is 0.121. The van der Waals surface area contributed by atoms with Crippen molar-refractivity contribution in [2.24, 2.45) is 11.7 Å². The fraction of sp³-hybridized carbons (Fsp3) is 0.571. The second-order valence-corrected chi connectivity index (χ2v) is 9.80. The molecule has 0 fully saturated rings. The van der Waals surface area contributed by atoms with Gasteiger partial charge in [-0.2, -0.15) is 0 Å². The molecule has 0 spiro atoms. The number of rotatable bonds is 19. The number of carbonyl (C=O) groups excluding carboxylic acids is 6. The van der Waals surface area contributed by atoms with Crippen LogP contribution < -0.4 is 27.0 Å². The summed E-state index contributed by atoms with van der Waals surface area (Å²) in [4.78, 5) is 72.1. The van der Waals surface area contributed by atoms with Crippen LogP contribution in [0.25, 0.3) is 0 Å². The first-order valence-corrected chi connectivity index (χ1v) is 13.7. The molecule has 13 heteroatoms. The number of nitrogens with one attached hydrogen (secondary N) is 4. The van der Waals surface area contributed by atoms with Gasteiger partial charge in [-0.3, -0.25) is 24.0 Å². The minimum absolute atomic E-state index is 0.00471. The monoisotopic (exact) mass is 577 g/mol. The highest BCUT2D eigenvalue weighted by atomic mass is 16.5. The number of benzene rings is 1. The minimum Gasteiger partial charge on any atom is -0.461 e. The molecule has 0 bridgehead atoms. The van der Waals surface area contributed by atoms with Crippen molar-refractivity contribution < 1.29 is 38.2 Å². The smallest absolute Gasteiger partial charge is 0.312 e. The first kappa shape index (κ1) is 35.0. The highest BCUT2D eigenvalue weighted by molar-refractivity contribution is 5.98. The SMILES string of the molecule is CCC(=O)OCc1ccc(NC(=O)[C@H](CCCNC(N)=O)NC(=O)[C@@H](NC(=O)CCOCCC(C)=O)C(C)C)cc1. The summed E-state index contributed by atoms with van der Waals surface area (Å²) in [5.41, 5.74) is 6.31. The molecule has 0 aliphatic heterocycles. The molecular formula is C28H43N5O8. The summed E-state index contributed by atoms with van der Waals surface area (Å²) in [6.45, 7) is 7.31. The molecule has 2 atom stereocenters. The zero-order chi connectivity index (χ0) is 30.8. The van der Waals surface area contributed by atoms with E-state index >= 15 is 0 Å². The van der Waals surface area contributed by atoms with Crippen LogP contribution in [0.3, 0.4) is 0 Å². The van der Waals surface area contributed by atoms with E-state index in [0.29, 0.717) is 12.1 Å². The number of carbonyl (C=O) groups is 6. The van der Waals surface area contributed by atoms with Crippen LogP contribution in [0.2, 0.25) is 0 Å². The fourth-order valence-corrected chi connectivity index (χ4v) is 3.49. The van der Waals surface area contributed by atoms with Gasteiger partial charge in [-0.1, -0.05) is 32.9 Å². The number of ketones is 1. The van der Waals surface area contributed by atoms with Crippen molar-refractivity contribution in [3.63, 3.8) is 0 Å². The molecule has 1 aromatic rings. The number of ether oxygens (including phenoxy) is 2. The Kier molecular flexibility index (Phi) is 16.4. The lowest BCUT2D eigenvalue weighted by atomic mass is 10.0. The lowest BCUT2D eigenvalue weighted by Crippen LogP contribution is -2.54. The van der Waals surface area contributed by atoms with E-state index in [1.807, 2.05) is 0 Å². The predicted octanol–water partition coefficient (Wildman–Crippen LogP) is 1.54. The molecule has 0 aromatic heterocycles. The third-order valence-corrected chi connectivity index (χ3v) is 5.85. The van der Waals surface area contributed by atoms with Crippen molar-refractivity contribution in [2.45, 2.75) is 78.5 Å². The molecule has 0 heterocycles. The number of Topliss-reactive ketones (excluding diaryl/α,β-unsaturated/α-hetero) is 1. The van der Waals surface area contributed by atoms with Crippen LogP contribution in [0, 0.1) is 5.92 Å². The number of nitrogens with two attached hydrogens (primary N) is 1. The van der Waals surface area contributed by atoms with E-state index in [-0.39, 0.29) is 69.7 Å². The molecule has 5 amide bonds. The lowest BCUT2D eigenvalue weighted by Gasteiger charge is -2.25. The largest absolute Gasteiger partial charge is 0.461 e. The molecule has 41 heavy (non-hydrogen) atoms. The number of esters is 1. The van der Waals surface area contributed by atoms with E-state index in [1.165, 1.54) is 6.92 Å². The van der Waals surface area contributed by atoms with E-state index in [4.69, 9.17) is 15.2 Å². The van der Waals surface area contributed by atoms with Crippen molar-refractivity contribution in [2.75, 3.05) is 25.1 Å². The Balaban J connectivity index is 2.83.